The predicted molar refractivity (Wildman–Crippen MR) is 37.5 cm³/mol. The molecule has 0 aromatic rings. The molecule has 1 saturated heterocycles. The monoisotopic (exact) mass is 160 g/mol. The third-order valence-corrected chi connectivity index (χ3v) is 1.57. The van der Waals surface area contributed by atoms with Crippen LogP contribution in [0.4, 0.5) is 0 Å². The number of hydrogen-bond acceptors (Lipinski definition) is 4. The van der Waals surface area contributed by atoms with Gasteiger partial charge >= 0.3 is 0 Å². The molecule has 5 heteroatoms. The van der Waals surface area contributed by atoms with E-state index in [1.165, 1.54) is 0 Å². The van der Waals surface area contributed by atoms with Gasteiger partial charge in [0.1, 0.15) is 6.61 Å². The minimum absolute atomic E-state index is 0.0417. The van der Waals surface area contributed by atoms with Crippen molar-refractivity contribution >= 4 is 5.91 Å². The first-order valence-corrected chi connectivity index (χ1v) is 3.52. The summed E-state index contributed by atoms with van der Waals surface area (Å²) in [5.74, 6) is 4.68. The molecule has 0 bridgehead atoms. The van der Waals surface area contributed by atoms with Crippen LogP contribution in [-0.2, 0) is 14.4 Å². The Balaban J connectivity index is 2.27. The molecular formula is C6H12N2O3. The molecule has 11 heavy (non-hydrogen) atoms. The van der Waals surface area contributed by atoms with Gasteiger partial charge in [0.15, 0.2) is 0 Å². The summed E-state index contributed by atoms with van der Waals surface area (Å²) in [4.78, 5) is 17.0. The summed E-state index contributed by atoms with van der Waals surface area (Å²) < 4.78 is 5.06. The first-order chi connectivity index (χ1) is 5.34. The van der Waals surface area contributed by atoms with E-state index >= 15 is 0 Å². The van der Waals surface area contributed by atoms with Gasteiger partial charge in [-0.25, -0.2) is 5.90 Å². The Labute approximate surface area is 65.0 Å². The van der Waals surface area contributed by atoms with Gasteiger partial charge < -0.3 is 9.64 Å². The maximum Gasteiger partial charge on any atom is 0.250 e. The summed E-state index contributed by atoms with van der Waals surface area (Å²) in [7, 11) is 0. The topological polar surface area (TPSA) is 64.8 Å². The van der Waals surface area contributed by atoms with E-state index in [0.29, 0.717) is 26.3 Å². The zero-order chi connectivity index (χ0) is 8.10. The molecule has 0 unspecified atom stereocenters. The number of hydrogen-bond donors (Lipinski definition) is 1. The van der Waals surface area contributed by atoms with Crippen LogP contribution in [0, 0.1) is 0 Å². The van der Waals surface area contributed by atoms with E-state index in [2.05, 4.69) is 4.84 Å². The van der Waals surface area contributed by atoms with Crippen LogP contribution in [0.5, 0.6) is 0 Å². The van der Waals surface area contributed by atoms with Crippen molar-refractivity contribution in [3.8, 4) is 0 Å². The number of nitrogens with zero attached hydrogens (tertiary/aromatic N) is 1. The van der Waals surface area contributed by atoms with Crippen molar-refractivity contribution in [2.24, 2.45) is 5.90 Å². The van der Waals surface area contributed by atoms with Crippen LogP contribution < -0.4 is 5.90 Å². The molecule has 1 heterocycles. The fourth-order valence-electron chi connectivity index (χ4n) is 0.975. The number of rotatable bonds is 2. The van der Waals surface area contributed by atoms with Crippen molar-refractivity contribution in [2.75, 3.05) is 32.9 Å². The molecule has 1 aliphatic heterocycles. The SMILES string of the molecule is NOCC(=O)N1CCOCC1. The van der Waals surface area contributed by atoms with Crippen molar-refractivity contribution in [3.63, 3.8) is 0 Å². The van der Waals surface area contributed by atoms with Crippen LogP contribution in [0.15, 0.2) is 0 Å². The van der Waals surface area contributed by atoms with Crippen molar-refractivity contribution < 1.29 is 14.4 Å². The van der Waals surface area contributed by atoms with Gasteiger partial charge in [0.2, 0.25) is 0 Å². The first kappa shape index (κ1) is 8.45. The molecule has 1 aliphatic rings. The van der Waals surface area contributed by atoms with E-state index in [-0.39, 0.29) is 12.5 Å². The molecule has 1 amide bonds. The van der Waals surface area contributed by atoms with E-state index in [1.807, 2.05) is 0 Å². The smallest absolute Gasteiger partial charge is 0.250 e. The highest BCUT2D eigenvalue weighted by Gasteiger charge is 2.15. The average molecular weight is 160 g/mol. The summed E-state index contributed by atoms with van der Waals surface area (Å²) in [5, 5.41) is 0. The van der Waals surface area contributed by atoms with Gasteiger partial charge in [-0.05, 0) is 0 Å². The largest absolute Gasteiger partial charge is 0.378 e. The quantitative estimate of drug-likeness (QED) is 0.512. The average Bonchev–Trinajstić information content (AvgIpc) is 2.07. The summed E-state index contributed by atoms with van der Waals surface area (Å²) >= 11 is 0. The van der Waals surface area contributed by atoms with Crippen LogP contribution in [0.25, 0.3) is 0 Å². The molecule has 0 atom stereocenters. The summed E-state index contributed by atoms with van der Waals surface area (Å²) in [5.41, 5.74) is 0. The predicted octanol–water partition coefficient (Wildman–Crippen LogP) is -1.26. The highest BCUT2D eigenvalue weighted by atomic mass is 16.6. The van der Waals surface area contributed by atoms with Crippen LogP contribution in [-0.4, -0.2) is 43.7 Å². The summed E-state index contributed by atoms with van der Waals surface area (Å²) in [6.07, 6.45) is 0. The van der Waals surface area contributed by atoms with Gasteiger partial charge in [0, 0.05) is 13.1 Å². The van der Waals surface area contributed by atoms with Crippen molar-refractivity contribution in [2.45, 2.75) is 0 Å². The normalized spacial score (nSPS) is 18.5. The zero-order valence-corrected chi connectivity index (χ0v) is 6.28. The molecule has 0 aromatic carbocycles. The van der Waals surface area contributed by atoms with Gasteiger partial charge in [-0.2, -0.15) is 0 Å². The lowest BCUT2D eigenvalue weighted by molar-refractivity contribution is -0.140. The molecule has 0 radical (unpaired) electrons. The number of carbonyl (C=O) groups excluding carboxylic acids is 1. The lowest BCUT2D eigenvalue weighted by Crippen LogP contribution is -2.42. The Kier molecular flexibility index (Phi) is 3.28. The van der Waals surface area contributed by atoms with Crippen LogP contribution >= 0.6 is 0 Å². The standard InChI is InChI=1S/C6H12N2O3/c7-11-5-6(9)8-1-3-10-4-2-8/h1-5,7H2. The fourth-order valence-corrected chi connectivity index (χ4v) is 0.975. The Morgan fingerprint density at radius 3 is 2.73 bits per heavy atom. The Morgan fingerprint density at radius 1 is 1.55 bits per heavy atom. The third-order valence-electron chi connectivity index (χ3n) is 1.57. The van der Waals surface area contributed by atoms with Crippen LogP contribution in [0.3, 0.4) is 0 Å². The zero-order valence-electron chi connectivity index (χ0n) is 6.28. The molecule has 0 aliphatic carbocycles. The molecule has 0 saturated carbocycles. The lowest BCUT2D eigenvalue weighted by Gasteiger charge is -2.26. The van der Waals surface area contributed by atoms with Crippen molar-refractivity contribution in [1.82, 2.24) is 4.90 Å². The molecule has 1 fully saturated rings. The molecule has 1 rings (SSSR count). The molecule has 0 spiro atoms. The van der Waals surface area contributed by atoms with E-state index in [9.17, 15) is 4.79 Å². The third kappa shape index (κ3) is 2.45. The summed E-state index contributed by atoms with van der Waals surface area (Å²) in [6.45, 7) is 2.46. The maximum absolute atomic E-state index is 11.1. The number of nitrogens with two attached hydrogens (primary N) is 1. The Morgan fingerprint density at radius 2 is 2.18 bits per heavy atom. The minimum Gasteiger partial charge on any atom is -0.378 e. The maximum atomic E-state index is 11.1. The highest BCUT2D eigenvalue weighted by molar-refractivity contribution is 5.77. The van der Waals surface area contributed by atoms with E-state index in [0.717, 1.165) is 0 Å². The number of morpholine rings is 1. The van der Waals surface area contributed by atoms with Crippen molar-refractivity contribution in [3.05, 3.63) is 0 Å². The minimum atomic E-state index is -0.0733. The Bertz CT molecular complexity index is 134. The molecule has 64 valence electrons. The molecule has 5 nitrogen and oxygen atoms in total. The summed E-state index contributed by atoms with van der Waals surface area (Å²) in [6, 6.07) is 0. The van der Waals surface area contributed by atoms with Gasteiger partial charge in [-0.1, -0.05) is 0 Å². The van der Waals surface area contributed by atoms with E-state index in [1.54, 1.807) is 4.90 Å². The highest BCUT2D eigenvalue weighted by Crippen LogP contribution is 1.96. The second-order valence-corrected chi connectivity index (χ2v) is 2.30. The number of ether oxygens (including phenoxy) is 1. The number of amides is 1. The molecule has 2 N–H and O–H groups in total. The van der Waals surface area contributed by atoms with E-state index < -0.39 is 0 Å². The second kappa shape index (κ2) is 4.27. The lowest BCUT2D eigenvalue weighted by atomic mass is 10.4. The van der Waals surface area contributed by atoms with Crippen LogP contribution in [0.1, 0.15) is 0 Å². The van der Waals surface area contributed by atoms with Crippen molar-refractivity contribution in [1.29, 1.82) is 0 Å². The molecule has 0 aromatic heterocycles. The number of carbonyl (C=O) groups is 1. The Hall–Kier alpha value is -0.650. The van der Waals surface area contributed by atoms with Gasteiger partial charge in [-0.15, -0.1) is 0 Å². The first-order valence-electron chi connectivity index (χ1n) is 3.52. The van der Waals surface area contributed by atoms with E-state index in [4.69, 9.17) is 10.6 Å². The fraction of sp³-hybridized carbons (Fsp3) is 0.833. The van der Waals surface area contributed by atoms with Gasteiger partial charge in [-0.3, -0.25) is 9.63 Å². The molecular weight excluding hydrogens is 148 g/mol. The van der Waals surface area contributed by atoms with Gasteiger partial charge in [0.05, 0.1) is 13.2 Å². The second-order valence-electron chi connectivity index (χ2n) is 2.30. The van der Waals surface area contributed by atoms with Gasteiger partial charge in [0.25, 0.3) is 5.91 Å². The van der Waals surface area contributed by atoms with Crippen LogP contribution in [0.2, 0.25) is 0 Å².